The zero-order valence-corrected chi connectivity index (χ0v) is 11.6. The number of carboxylic acid groups (broad SMARTS) is 1. The van der Waals surface area contributed by atoms with Crippen LogP contribution in [0.4, 0.5) is 0 Å². The van der Waals surface area contributed by atoms with Gasteiger partial charge in [-0.1, -0.05) is 6.92 Å². The SMILES string of the molecule is CC1CCC(N(CC(=O)NCC(=O)O)C2CC2)CC1. The van der Waals surface area contributed by atoms with Crippen LogP contribution in [-0.4, -0.2) is 47.1 Å². The molecule has 0 spiro atoms. The van der Waals surface area contributed by atoms with Crippen molar-refractivity contribution >= 4 is 11.9 Å². The van der Waals surface area contributed by atoms with Crippen molar-refractivity contribution in [1.29, 1.82) is 0 Å². The van der Waals surface area contributed by atoms with Gasteiger partial charge in [0.15, 0.2) is 0 Å². The van der Waals surface area contributed by atoms with Gasteiger partial charge in [-0.2, -0.15) is 0 Å². The largest absolute Gasteiger partial charge is 0.480 e. The Morgan fingerprint density at radius 2 is 1.63 bits per heavy atom. The van der Waals surface area contributed by atoms with Crippen LogP contribution in [0.15, 0.2) is 0 Å². The van der Waals surface area contributed by atoms with Gasteiger partial charge in [0.05, 0.1) is 6.54 Å². The van der Waals surface area contributed by atoms with Crippen LogP contribution < -0.4 is 5.32 Å². The Morgan fingerprint density at radius 3 is 2.11 bits per heavy atom. The van der Waals surface area contributed by atoms with Gasteiger partial charge in [0.25, 0.3) is 0 Å². The van der Waals surface area contributed by atoms with Crippen molar-refractivity contribution in [3.63, 3.8) is 0 Å². The zero-order chi connectivity index (χ0) is 13.8. The Bertz CT molecular complexity index is 334. The quantitative estimate of drug-likeness (QED) is 0.760. The number of carbonyl (C=O) groups is 2. The molecule has 2 rings (SSSR count). The molecule has 0 aromatic carbocycles. The van der Waals surface area contributed by atoms with E-state index in [2.05, 4.69) is 17.1 Å². The first-order valence-electron chi connectivity index (χ1n) is 7.30. The van der Waals surface area contributed by atoms with Crippen LogP contribution in [0.2, 0.25) is 0 Å². The van der Waals surface area contributed by atoms with Gasteiger partial charge in [0, 0.05) is 12.1 Å². The molecule has 0 bridgehead atoms. The Kier molecular flexibility index (Phi) is 4.80. The fourth-order valence-electron chi connectivity index (χ4n) is 2.93. The number of amides is 1. The molecule has 2 fully saturated rings. The zero-order valence-electron chi connectivity index (χ0n) is 11.6. The summed E-state index contributed by atoms with van der Waals surface area (Å²) in [5, 5.41) is 11.0. The normalized spacial score (nSPS) is 27.3. The van der Waals surface area contributed by atoms with E-state index >= 15 is 0 Å². The lowest BCUT2D eigenvalue weighted by Gasteiger charge is -2.35. The first kappa shape index (κ1) is 14.3. The third-order valence-electron chi connectivity index (χ3n) is 4.23. The number of carboxylic acids is 1. The Hall–Kier alpha value is -1.10. The Labute approximate surface area is 114 Å². The first-order chi connectivity index (χ1) is 9.06. The van der Waals surface area contributed by atoms with Gasteiger partial charge in [0.2, 0.25) is 5.91 Å². The highest BCUT2D eigenvalue weighted by molar-refractivity contribution is 5.82. The molecule has 2 N–H and O–H groups in total. The number of aliphatic carboxylic acids is 1. The molecular weight excluding hydrogens is 244 g/mol. The number of nitrogens with zero attached hydrogens (tertiary/aromatic N) is 1. The van der Waals surface area contributed by atoms with Gasteiger partial charge in [0.1, 0.15) is 6.54 Å². The predicted molar refractivity (Wildman–Crippen MR) is 71.8 cm³/mol. The molecule has 2 aliphatic carbocycles. The van der Waals surface area contributed by atoms with Gasteiger partial charge < -0.3 is 10.4 Å². The summed E-state index contributed by atoms with van der Waals surface area (Å²) in [4.78, 5) is 24.5. The molecule has 0 aromatic rings. The highest BCUT2D eigenvalue weighted by Gasteiger charge is 2.36. The van der Waals surface area contributed by atoms with Gasteiger partial charge in [-0.05, 0) is 44.4 Å². The third-order valence-corrected chi connectivity index (χ3v) is 4.23. The van der Waals surface area contributed by atoms with Crippen molar-refractivity contribution in [2.24, 2.45) is 5.92 Å². The average molecular weight is 268 g/mol. The topological polar surface area (TPSA) is 69.6 Å². The lowest BCUT2D eigenvalue weighted by atomic mass is 9.86. The van der Waals surface area contributed by atoms with Crippen LogP contribution in [0.1, 0.15) is 45.4 Å². The van der Waals surface area contributed by atoms with Crippen LogP contribution in [-0.2, 0) is 9.59 Å². The van der Waals surface area contributed by atoms with Crippen LogP contribution in [0.3, 0.4) is 0 Å². The van der Waals surface area contributed by atoms with E-state index in [4.69, 9.17) is 5.11 Å². The molecule has 19 heavy (non-hydrogen) atoms. The van der Waals surface area contributed by atoms with Crippen LogP contribution in [0, 0.1) is 5.92 Å². The van der Waals surface area contributed by atoms with Gasteiger partial charge in [-0.3, -0.25) is 14.5 Å². The van der Waals surface area contributed by atoms with E-state index in [1.54, 1.807) is 0 Å². The van der Waals surface area contributed by atoms with Crippen LogP contribution >= 0.6 is 0 Å². The molecule has 1 amide bonds. The lowest BCUT2D eigenvalue weighted by molar-refractivity contribution is -0.138. The maximum Gasteiger partial charge on any atom is 0.322 e. The smallest absolute Gasteiger partial charge is 0.322 e. The summed E-state index contributed by atoms with van der Waals surface area (Å²) in [6.07, 6.45) is 7.18. The second kappa shape index (κ2) is 6.37. The summed E-state index contributed by atoms with van der Waals surface area (Å²) < 4.78 is 0. The number of nitrogens with one attached hydrogen (secondary N) is 1. The third kappa shape index (κ3) is 4.49. The van der Waals surface area contributed by atoms with Gasteiger partial charge in [-0.15, -0.1) is 0 Å². The van der Waals surface area contributed by atoms with E-state index in [1.807, 2.05) is 0 Å². The monoisotopic (exact) mass is 268 g/mol. The second-order valence-electron chi connectivity index (χ2n) is 5.99. The summed E-state index contributed by atoms with van der Waals surface area (Å²) in [5.74, 6) is -0.344. The maximum absolute atomic E-state index is 11.8. The molecule has 108 valence electrons. The molecule has 5 heteroatoms. The molecule has 0 aromatic heterocycles. The highest BCUT2D eigenvalue weighted by atomic mass is 16.4. The minimum Gasteiger partial charge on any atom is -0.480 e. The lowest BCUT2D eigenvalue weighted by Crippen LogP contribution is -2.46. The summed E-state index contributed by atoms with van der Waals surface area (Å²) in [6.45, 7) is 2.37. The molecule has 0 unspecified atom stereocenters. The first-order valence-corrected chi connectivity index (χ1v) is 7.30. The van der Waals surface area contributed by atoms with E-state index in [9.17, 15) is 9.59 Å². The van der Waals surface area contributed by atoms with Crippen LogP contribution in [0.25, 0.3) is 0 Å². The number of carbonyl (C=O) groups excluding carboxylic acids is 1. The standard InChI is InChI=1S/C14H24N2O3/c1-10-2-4-11(5-3-10)16(12-6-7-12)9-13(17)15-8-14(18)19/h10-12H,2-9H2,1H3,(H,15,17)(H,18,19). The predicted octanol–water partition coefficient (Wildman–Crippen LogP) is 1.23. The maximum atomic E-state index is 11.8. The van der Waals surface area contributed by atoms with E-state index in [0.29, 0.717) is 18.6 Å². The molecule has 2 aliphatic rings. The molecule has 0 saturated heterocycles. The van der Waals surface area contributed by atoms with Gasteiger partial charge in [-0.25, -0.2) is 0 Å². The minimum atomic E-state index is -0.988. The molecule has 0 radical (unpaired) electrons. The average Bonchev–Trinajstić information content (AvgIpc) is 3.19. The van der Waals surface area contributed by atoms with E-state index in [1.165, 1.54) is 38.5 Å². The summed E-state index contributed by atoms with van der Waals surface area (Å²) in [5.41, 5.74) is 0. The van der Waals surface area contributed by atoms with Crippen molar-refractivity contribution in [3.8, 4) is 0 Å². The fourth-order valence-corrected chi connectivity index (χ4v) is 2.93. The van der Waals surface area contributed by atoms with E-state index in [0.717, 1.165) is 5.92 Å². The fraction of sp³-hybridized carbons (Fsp3) is 0.857. The van der Waals surface area contributed by atoms with Crippen molar-refractivity contribution in [3.05, 3.63) is 0 Å². The Morgan fingerprint density at radius 1 is 1.11 bits per heavy atom. The second-order valence-corrected chi connectivity index (χ2v) is 5.99. The van der Waals surface area contributed by atoms with Crippen molar-refractivity contribution in [2.45, 2.75) is 57.5 Å². The molecule has 0 heterocycles. The van der Waals surface area contributed by atoms with Crippen molar-refractivity contribution < 1.29 is 14.7 Å². The van der Waals surface area contributed by atoms with Crippen LogP contribution in [0.5, 0.6) is 0 Å². The minimum absolute atomic E-state index is 0.159. The Balaban J connectivity index is 1.82. The molecule has 2 saturated carbocycles. The number of rotatable bonds is 6. The van der Waals surface area contributed by atoms with Gasteiger partial charge >= 0.3 is 5.97 Å². The van der Waals surface area contributed by atoms with E-state index in [-0.39, 0.29) is 12.5 Å². The molecule has 0 atom stereocenters. The molecule has 0 aliphatic heterocycles. The van der Waals surface area contributed by atoms with Crippen molar-refractivity contribution in [1.82, 2.24) is 10.2 Å². The molecule has 5 nitrogen and oxygen atoms in total. The summed E-state index contributed by atoms with van der Waals surface area (Å²) in [7, 11) is 0. The molecular formula is C14H24N2O3. The van der Waals surface area contributed by atoms with Crippen molar-refractivity contribution in [2.75, 3.05) is 13.1 Å². The number of hydrogen-bond acceptors (Lipinski definition) is 3. The van der Waals surface area contributed by atoms with E-state index < -0.39 is 5.97 Å². The highest BCUT2D eigenvalue weighted by Crippen LogP contribution is 2.34. The summed E-state index contributed by atoms with van der Waals surface area (Å²) in [6, 6.07) is 1.06. The summed E-state index contributed by atoms with van der Waals surface area (Å²) >= 11 is 0. The number of hydrogen-bond donors (Lipinski definition) is 2.